The summed E-state index contributed by atoms with van der Waals surface area (Å²) >= 11 is 11.2. The minimum Gasteiger partial charge on any atom is -0.378 e. The average Bonchev–Trinajstić information content (AvgIpc) is 0.784. The molecule has 6 aromatic carbocycles. The molecule has 518 valence electrons. The van der Waals surface area contributed by atoms with Crippen LogP contribution < -0.4 is 14.7 Å². The minimum absolute atomic E-state index is 0.110. The van der Waals surface area contributed by atoms with Gasteiger partial charge in [0.2, 0.25) is 0 Å². The van der Waals surface area contributed by atoms with Crippen molar-refractivity contribution in [2.45, 2.75) is 18.3 Å². The zero-order valence-corrected chi connectivity index (χ0v) is 55.7. The SMILES string of the molecule is Fc1cncc(F)c1Cl.N#CC(c1ccc(F)c(-c2ncnc3cc(N4CCOCC4)ccc23)c1)c1c(F)cncc1F.N#CC(c1ccc(F)c(-c2ncnc3cc(N4CCOCC4)ccc23)c1)c1cncc(F)c1Cl.N#CCc1ccc(F)c(-c2ncnc3cc(N4CCOCC4)ccc23)c1. The first kappa shape index (κ1) is 71.4. The molecule has 103 heavy (non-hydrogen) atoms. The van der Waals surface area contributed by atoms with Crippen molar-refractivity contribution in [3.8, 4) is 52.0 Å². The number of pyridine rings is 3. The van der Waals surface area contributed by atoms with Crippen molar-refractivity contribution in [2.24, 2.45) is 0 Å². The molecule has 0 amide bonds. The zero-order valence-electron chi connectivity index (χ0n) is 54.1. The van der Waals surface area contributed by atoms with Crippen LogP contribution in [0.3, 0.4) is 0 Å². The number of ether oxygens (including phenoxy) is 3. The van der Waals surface area contributed by atoms with E-state index in [0.29, 0.717) is 89.7 Å². The highest BCUT2D eigenvalue weighted by atomic mass is 35.5. The van der Waals surface area contributed by atoms with Gasteiger partial charge in [0.05, 0.1) is 140 Å². The molecule has 18 nitrogen and oxygen atoms in total. The molecule has 6 aromatic heterocycles. The van der Waals surface area contributed by atoms with Gasteiger partial charge in [-0.2, -0.15) is 15.8 Å². The second-order valence-corrected chi connectivity index (χ2v) is 24.0. The van der Waals surface area contributed by atoms with Gasteiger partial charge in [-0.05, 0) is 108 Å². The van der Waals surface area contributed by atoms with Crippen molar-refractivity contribution < 1.29 is 49.3 Å². The van der Waals surface area contributed by atoms with E-state index in [0.717, 1.165) is 104 Å². The van der Waals surface area contributed by atoms with Gasteiger partial charge in [-0.25, -0.2) is 65.0 Å². The van der Waals surface area contributed by atoms with Crippen LogP contribution in [0.25, 0.3) is 66.5 Å². The quantitative estimate of drug-likeness (QED) is 0.110. The normalized spacial score (nSPS) is 14.2. The Labute approximate surface area is 593 Å². The Bertz CT molecular complexity index is 5210. The summed E-state index contributed by atoms with van der Waals surface area (Å²) in [6.07, 6.45) is 10.1. The van der Waals surface area contributed by atoms with Gasteiger partial charge < -0.3 is 28.9 Å². The van der Waals surface area contributed by atoms with Crippen LogP contribution in [0.1, 0.15) is 39.7 Å². The molecule has 0 aliphatic carbocycles. The van der Waals surface area contributed by atoms with E-state index < -0.39 is 63.1 Å². The summed E-state index contributed by atoms with van der Waals surface area (Å²) < 4.78 is 127. The fourth-order valence-electron chi connectivity index (χ4n) is 12.0. The Morgan fingerprint density at radius 1 is 0.388 bits per heavy atom. The van der Waals surface area contributed by atoms with Crippen LogP contribution in [-0.2, 0) is 20.6 Å². The smallest absolute Gasteiger partial charge is 0.163 e. The molecule has 3 saturated heterocycles. The van der Waals surface area contributed by atoms with Crippen molar-refractivity contribution in [1.29, 1.82) is 15.8 Å². The molecule has 0 bridgehead atoms. The molecule has 12 aromatic rings. The lowest BCUT2D eigenvalue weighted by molar-refractivity contribution is 0.122. The van der Waals surface area contributed by atoms with E-state index in [1.807, 2.05) is 60.7 Å². The number of halogens is 10. The third-order valence-electron chi connectivity index (χ3n) is 17.1. The minimum atomic E-state index is -1.29. The Kier molecular flexibility index (Phi) is 22.8. The van der Waals surface area contributed by atoms with Crippen molar-refractivity contribution in [3.63, 3.8) is 0 Å². The maximum Gasteiger partial charge on any atom is 0.163 e. The monoisotopic (exact) mass is 1440 g/mol. The highest BCUT2D eigenvalue weighted by molar-refractivity contribution is 6.31. The molecular weight excluding hydrogens is 1380 g/mol. The standard InChI is InChI=1S/C25H18ClF2N5O.C25H18F3N5O.C20H17FN4O.C5H2ClF2N/c26-24-20(12-30-13-22(24)28)19(11-29)15-1-4-21(27)18(9-15)25-17-3-2-16(10-23(17)31-14-32-25)33-5-7-34-8-6-33;26-20-4-1-15(19(11-29)24-21(27)12-30-13-22(24)28)9-18(20)25-17-3-2-16(10-23(17)31-14-32-25)33-5-7-34-8-6-33;21-18-4-1-14(5-6-22)11-17(18)20-16-3-2-15(12-19(16)23-13-24-20)25-7-9-26-10-8-25;6-5-3(7)1-9-2-4(5)8/h2*1-4,9-10,12-14,19H,5-8H2;1-4,11-13H,5,7-10H2;1-2H. The van der Waals surface area contributed by atoms with Gasteiger partial charge in [-0.15, -0.1) is 0 Å². The molecule has 3 aliphatic heterocycles. The van der Waals surface area contributed by atoms with E-state index >= 15 is 4.39 Å². The van der Waals surface area contributed by atoms with Crippen molar-refractivity contribution in [1.82, 2.24) is 44.9 Å². The number of anilines is 3. The van der Waals surface area contributed by atoms with Gasteiger partial charge in [0, 0.05) is 107 Å². The number of morpholine rings is 3. The van der Waals surface area contributed by atoms with Crippen LogP contribution in [0.15, 0.2) is 165 Å². The van der Waals surface area contributed by atoms with Gasteiger partial charge in [0.25, 0.3) is 0 Å². The fraction of sp³-hybridized carbons (Fsp3) is 0.200. The topological polar surface area (TPSA) is 225 Å². The molecule has 0 N–H and O–H groups in total. The van der Waals surface area contributed by atoms with Crippen molar-refractivity contribution in [2.75, 3.05) is 93.6 Å². The van der Waals surface area contributed by atoms with E-state index in [9.17, 15) is 41.3 Å². The van der Waals surface area contributed by atoms with Gasteiger partial charge in [-0.1, -0.05) is 41.4 Å². The zero-order chi connectivity index (χ0) is 72.1. The van der Waals surface area contributed by atoms with Crippen LogP contribution in [0.2, 0.25) is 10.0 Å². The molecule has 0 radical (unpaired) electrons. The van der Waals surface area contributed by atoms with E-state index in [-0.39, 0.29) is 39.5 Å². The predicted octanol–water partition coefficient (Wildman–Crippen LogP) is 15.1. The molecule has 28 heteroatoms. The summed E-state index contributed by atoms with van der Waals surface area (Å²) in [5.74, 6) is -7.94. The van der Waals surface area contributed by atoms with Gasteiger partial charge in [-0.3, -0.25) is 15.0 Å². The first-order chi connectivity index (χ1) is 50.1. The number of rotatable bonds is 11. The highest BCUT2D eigenvalue weighted by Crippen LogP contribution is 2.39. The van der Waals surface area contributed by atoms with Crippen LogP contribution in [0.4, 0.5) is 52.2 Å². The van der Waals surface area contributed by atoms with Crippen molar-refractivity contribution >= 4 is 73.0 Å². The fourth-order valence-corrected chi connectivity index (χ4v) is 12.3. The van der Waals surface area contributed by atoms with Crippen LogP contribution in [-0.4, -0.2) is 124 Å². The first-order valence-electron chi connectivity index (χ1n) is 31.9. The van der Waals surface area contributed by atoms with Gasteiger partial charge in [0.1, 0.15) is 59.0 Å². The van der Waals surface area contributed by atoms with Gasteiger partial charge >= 0.3 is 0 Å². The number of aromatic nitrogens is 9. The lowest BCUT2D eigenvalue weighted by atomic mass is 9.90. The molecule has 0 spiro atoms. The molecule has 9 heterocycles. The molecule has 2 atom stereocenters. The molecule has 3 fully saturated rings. The van der Waals surface area contributed by atoms with Gasteiger partial charge in [0.15, 0.2) is 17.5 Å². The summed E-state index contributed by atoms with van der Waals surface area (Å²) in [6.45, 7) is 8.81. The molecular formula is C75H55Cl2F8N15O3. The summed E-state index contributed by atoms with van der Waals surface area (Å²) in [4.78, 5) is 43.2. The summed E-state index contributed by atoms with van der Waals surface area (Å²) in [7, 11) is 0. The Morgan fingerprint density at radius 2 is 0.748 bits per heavy atom. The Balaban J connectivity index is 0.000000138. The Morgan fingerprint density at radius 3 is 1.14 bits per heavy atom. The van der Waals surface area contributed by atoms with E-state index in [4.69, 9.17) is 42.7 Å². The number of nitrogens with zero attached hydrogens (tertiary/aromatic N) is 15. The maximum absolute atomic E-state index is 15.0. The second kappa shape index (κ2) is 32.9. The van der Waals surface area contributed by atoms with Crippen LogP contribution in [0, 0.1) is 80.5 Å². The van der Waals surface area contributed by atoms with E-state index in [1.165, 1.54) is 61.6 Å². The Hall–Kier alpha value is -11.4. The third kappa shape index (κ3) is 16.2. The lowest BCUT2D eigenvalue weighted by Gasteiger charge is -2.29. The predicted molar refractivity (Wildman–Crippen MR) is 371 cm³/mol. The summed E-state index contributed by atoms with van der Waals surface area (Å²) in [6, 6.07) is 36.4. The molecule has 3 aliphatic rings. The maximum atomic E-state index is 15.0. The molecule has 15 rings (SSSR count). The molecule has 0 saturated carbocycles. The average molecular weight is 1440 g/mol. The van der Waals surface area contributed by atoms with Crippen LogP contribution >= 0.6 is 23.2 Å². The first-order valence-corrected chi connectivity index (χ1v) is 32.7. The number of nitriles is 3. The second-order valence-electron chi connectivity index (χ2n) is 23.3. The number of hydrogen-bond donors (Lipinski definition) is 0. The highest BCUT2D eigenvalue weighted by Gasteiger charge is 2.27. The van der Waals surface area contributed by atoms with E-state index in [2.05, 4.69) is 71.7 Å². The number of benzene rings is 6. The van der Waals surface area contributed by atoms with E-state index in [1.54, 1.807) is 18.2 Å². The van der Waals surface area contributed by atoms with Crippen molar-refractivity contribution in [3.05, 3.63) is 250 Å². The molecule has 2 unspecified atom stereocenters. The largest absolute Gasteiger partial charge is 0.378 e. The summed E-state index contributed by atoms with van der Waals surface area (Å²) in [5.41, 5.74) is 8.34. The summed E-state index contributed by atoms with van der Waals surface area (Å²) in [5, 5.41) is 29.8. The third-order valence-corrected chi connectivity index (χ3v) is 17.9. The lowest BCUT2D eigenvalue weighted by Crippen LogP contribution is -2.36. The number of hydrogen-bond acceptors (Lipinski definition) is 18. The van der Waals surface area contributed by atoms with Crippen LogP contribution in [0.5, 0.6) is 0 Å². The number of fused-ring (bicyclic) bond motifs is 3.